The van der Waals surface area contributed by atoms with Crippen molar-refractivity contribution in [2.75, 3.05) is 13.6 Å². The number of carboxylic acid groups (broad SMARTS) is 2. The van der Waals surface area contributed by atoms with Crippen LogP contribution in [0.5, 0.6) is 0 Å². The van der Waals surface area contributed by atoms with E-state index in [0.717, 1.165) is 0 Å². The maximum Gasteiger partial charge on any atom is 0.338 e. The van der Waals surface area contributed by atoms with E-state index in [4.69, 9.17) is 20.4 Å². The zero-order valence-corrected chi connectivity index (χ0v) is 10.0. The molecule has 0 aromatic heterocycles. The second kappa shape index (κ2) is 10.1. The van der Waals surface area contributed by atoms with Crippen molar-refractivity contribution in [2.45, 2.75) is 13.8 Å². The second-order valence-corrected chi connectivity index (χ2v) is 2.85. The van der Waals surface area contributed by atoms with E-state index in [9.17, 15) is 9.59 Å². The molecule has 104 valence electrons. The van der Waals surface area contributed by atoms with Crippen molar-refractivity contribution in [3.8, 4) is 0 Å². The van der Waals surface area contributed by atoms with Gasteiger partial charge in [-0.15, -0.1) is 0 Å². The maximum atomic E-state index is 10.3. The minimum absolute atomic E-state index is 0.176. The van der Waals surface area contributed by atoms with Crippen LogP contribution < -0.4 is 0 Å². The molecular weight excluding hydrogens is 248 g/mol. The fraction of sp³-hybridized carbons (Fsp3) is 0.400. The third-order valence-electron chi connectivity index (χ3n) is 1.38. The van der Waals surface area contributed by atoms with Crippen LogP contribution in [0, 0.1) is 0 Å². The molecule has 0 saturated carbocycles. The lowest BCUT2D eigenvalue weighted by Gasteiger charge is -2.08. The number of carbonyl (C=O) groups is 2. The van der Waals surface area contributed by atoms with E-state index in [1.54, 1.807) is 0 Å². The van der Waals surface area contributed by atoms with E-state index < -0.39 is 31.5 Å². The van der Waals surface area contributed by atoms with Gasteiger partial charge in [0, 0.05) is 5.57 Å². The molecule has 0 bridgehead atoms. The fourth-order valence-electron chi connectivity index (χ4n) is 0.463. The van der Waals surface area contributed by atoms with Gasteiger partial charge >= 0.3 is 11.9 Å². The van der Waals surface area contributed by atoms with Crippen LogP contribution in [0.1, 0.15) is 13.8 Å². The molecule has 0 aliphatic carbocycles. The lowest BCUT2D eigenvalue weighted by atomic mass is 10.3. The van der Waals surface area contributed by atoms with E-state index in [1.165, 1.54) is 13.8 Å². The van der Waals surface area contributed by atoms with Gasteiger partial charge in [-0.1, -0.05) is 6.58 Å². The van der Waals surface area contributed by atoms with E-state index in [0.29, 0.717) is 0 Å². The summed E-state index contributed by atoms with van der Waals surface area (Å²) in [5.41, 5.74) is -0.0481. The van der Waals surface area contributed by atoms with Crippen LogP contribution in [0.2, 0.25) is 0 Å². The fourth-order valence-corrected chi connectivity index (χ4v) is 0.463. The predicted molar refractivity (Wildman–Crippen MR) is 59.1 cm³/mol. The van der Waals surface area contributed by atoms with Gasteiger partial charge in [0.2, 0.25) is 0 Å². The molecule has 0 aromatic rings. The van der Waals surface area contributed by atoms with Crippen LogP contribution in [0.15, 0.2) is 23.7 Å². The van der Waals surface area contributed by atoms with Crippen LogP contribution in [0.3, 0.4) is 0 Å². The molecule has 0 atom stereocenters. The molecule has 0 amide bonds. The Morgan fingerprint density at radius 1 is 1.00 bits per heavy atom. The molecule has 0 aromatic carbocycles. The molecule has 18 heavy (non-hydrogen) atoms. The van der Waals surface area contributed by atoms with Gasteiger partial charge in [-0.2, -0.15) is 0 Å². The Morgan fingerprint density at radius 3 is 1.50 bits per heavy atom. The van der Waals surface area contributed by atoms with Crippen molar-refractivity contribution in [3.63, 3.8) is 0 Å². The van der Waals surface area contributed by atoms with Crippen LogP contribution in [-0.2, 0) is 19.1 Å². The highest BCUT2D eigenvalue weighted by Gasteiger charge is 2.11. The SMILES string of the molecule is C=C(C)C(=O)O.CC(C(=O)O)=C(OCO)OCO. The van der Waals surface area contributed by atoms with E-state index in [-0.39, 0.29) is 11.1 Å². The molecule has 4 N–H and O–H groups in total. The van der Waals surface area contributed by atoms with E-state index >= 15 is 0 Å². The molecule has 0 radical (unpaired) electrons. The number of hydrogen-bond acceptors (Lipinski definition) is 6. The molecule has 0 rings (SSSR count). The van der Waals surface area contributed by atoms with Crippen molar-refractivity contribution < 1.29 is 39.5 Å². The highest BCUT2D eigenvalue weighted by molar-refractivity contribution is 5.86. The molecule has 0 saturated heterocycles. The molecule has 0 aliphatic heterocycles. The molecule has 0 spiro atoms. The standard InChI is InChI=1S/C6H10O6.C4H6O2/c1-4(5(9)10)6(11-2-7)12-3-8;1-3(2)4(5)6/h7-8H,2-3H2,1H3,(H,9,10);1H2,2H3,(H,5,6). The van der Waals surface area contributed by atoms with Crippen LogP contribution >= 0.6 is 0 Å². The van der Waals surface area contributed by atoms with Crippen molar-refractivity contribution in [1.82, 2.24) is 0 Å². The van der Waals surface area contributed by atoms with Gasteiger partial charge in [0.25, 0.3) is 5.95 Å². The van der Waals surface area contributed by atoms with Crippen molar-refractivity contribution in [1.29, 1.82) is 0 Å². The van der Waals surface area contributed by atoms with Gasteiger partial charge in [-0.3, -0.25) is 0 Å². The number of ether oxygens (including phenoxy) is 2. The summed E-state index contributed by atoms with van der Waals surface area (Å²) >= 11 is 0. The second-order valence-electron chi connectivity index (χ2n) is 2.85. The van der Waals surface area contributed by atoms with Gasteiger partial charge in [0.05, 0.1) is 0 Å². The minimum Gasteiger partial charge on any atom is -0.478 e. The lowest BCUT2D eigenvalue weighted by Crippen LogP contribution is -2.08. The van der Waals surface area contributed by atoms with Gasteiger partial charge in [-0.25, -0.2) is 9.59 Å². The number of rotatable bonds is 6. The summed E-state index contributed by atoms with van der Waals surface area (Å²) in [5, 5.41) is 32.9. The van der Waals surface area contributed by atoms with E-state index in [1.807, 2.05) is 0 Å². The van der Waals surface area contributed by atoms with Crippen molar-refractivity contribution in [3.05, 3.63) is 23.7 Å². The molecule has 0 unspecified atom stereocenters. The average Bonchev–Trinajstić information content (AvgIpc) is 2.28. The van der Waals surface area contributed by atoms with Gasteiger partial charge in [0.15, 0.2) is 13.6 Å². The third-order valence-corrected chi connectivity index (χ3v) is 1.38. The first-order valence-electron chi connectivity index (χ1n) is 4.58. The van der Waals surface area contributed by atoms with Gasteiger partial charge in [0.1, 0.15) is 5.57 Å². The molecule has 8 nitrogen and oxygen atoms in total. The van der Waals surface area contributed by atoms with Gasteiger partial charge in [-0.05, 0) is 13.8 Å². The molecular formula is C10H16O8. The van der Waals surface area contributed by atoms with Crippen LogP contribution in [-0.4, -0.2) is 46.0 Å². The zero-order chi connectivity index (χ0) is 14.7. The number of aliphatic carboxylic acids is 2. The Balaban J connectivity index is 0. The highest BCUT2D eigenvalue weighted by Crippen LogP contribution is 2.06. The zero-order valence-electron chi connectivity index (χ0n) is 10.0. The number of hydrogen-bond donors (Lipinski definition) is 4. The Labute approximate surface area is 103 Å². The predicted octanol–water partition coefficient (Wildman–Crippen LogP) is -0.118. The number of aliphatic hydroxyl groups excluding tert-OH is 2. The summed E-state index contributed by atoms with van der Waals surface area (Å²) in [6.45, 7) is 4.41. The Morgan fingerprint density at radius 2 is 1.33 bits per heavy atom. The topological polar surface area (TPSA) is 134 Å². The lowest BCUT2D eigenvalue weighted by molar-refractivity contribution is -0.135. The molecule has 0 heterocycles. The Bertz CT molecular complexity index is 311. The van der Waals surface area contributed by atoms with Crippen molar-refractivity contribution in [2.24, 2.45) is 0 Å². The Hall–Kier alpha value is -2.06. The monoisotopic (exact) mass is 264 g/mol. The normalized spacial score (nSPS) is 8.44. The molecule has 0 fully saturated rings. The smallest absolute Gasteiger partial charge is 0.338 e. The van der Waals surface area contributed by atoms with Gasteiger partial charge < -0.3 is 29.9 Å². The summed E-state index contributed by atoms with van der Waals surface area (Å²) in [6, 6.07) is 0. The third kappa shape index (κ3) is 9.19. The average molecular weight is 264 g/mol. The van der Waals surface area contributed by atoms with Crippen LogP contribution in [0.25, 0.3) is 0 Å². The number of carboxylic acids is 2. The number of aliphatic hydroxyl groups is 2. The summed E-state index contributed by atoms with van der Waals surface area (Å²) < 4.78 is 8.76. The minimum atomic E-state index is -1.24. The largest absolute Gasteiger partial charge is 0.478 e. The van der Waals surface area contributed by atoms with E-state index in [2.05, 4.69) is 16.1 Å². The van der Waals surface area contributed by atoms with Crippen molar-refractivity contribution >= 4 is 11.9 Å². The first-order chi connectivity index (χ1) is 8.27. The van der Waals surface area contributed by atoms with Crippen LogP contribution in [0.4, 0.5) is 0 Å². The summed E-state index contributed by atoms with van der Waals surface area (Å²) in [6.07, 6.45) is 0. The highest BCUT2D eigenvalue weighted by atomic mass is 16.7. The first-order valence-corrected chi connectivity index (χ1v) is 4.58. The first kappa shape index (κ1) is 18.3. The summed E-state index contributed by atoms with van der Waals surface area (Å²) in [4.78, 5) is 19.9. The Kier molecular flexibility index (Phi) is 10.3. The molecule has 0 aliphatic rings. The summed E-state index contributed by atoms with van der Waals surface area (Å²) in [5.74, 6) is -2.57. The maximum absolute atomic E-state index is 10.3. The summed E-state index contributed by atoms with van der Waals surface area (Å²) in [7, 11) is 0. The molecule has 8 heteroatoms. The quantitative estimate of drug-likeness (QED) is 0.296.